The molecule has 0 saturated carbocycles. The van der Waals surface area contributed by atoms with E-state index in [9.17, 15) is 4.79 Å². The lowest BCUT2D eigenvalue weighted by atomic mass is 10.0. The van der Waals surface area contributed by atoms with Crippen molar-refractivity contribution in [2.24, 2.45) is 5.92 Å². The van der Waals surface area contributed by atoms with Crippen LogP contribution in [0.25, 0.3) is 0 Å². The second-order valence-electron chi connectivity index (χ2n) is 5.39. The van der Waals surface area contributed by atoms with Gasteiger partial charge in [0.05, 0.1) is 12.4 Å². The Morgan fingerprint density at radius 1 is 0.944 bits per heavy atom. The Labute approximate surface area is 118 Å². The molecule has 3 heteroatoms. The molecule has 0 fully saturated rings. The van der Waals surface area contributed by atoms with Gasteiger partial charge in [0.15, 0.2) is 0 Å². The number of carbonyl (C=O) groups is 1. The highest BCUT2D eigenvalue weighted by Crippen LogP contribution is 2.12. The van der Waals surface area contributed by atoms with Crippen molar-refractivity contribution in [3.05, 3.63) is 0 Å². The Morgan fingerprint density at radius 2 is 1.44 bits per heavy atom. The van der Waals surface area contributed by atoms with E-state index in [0.717, 1.165) is 12.3 Å². The standard InChI is InChI=1S/C15H30O2S/c1-14(2)11-9-7-5-3-4-6-8-10-12-17-15(16)13-18/h14,18H,3-13H2,1-2H3. The maximum absolute atomic E-state index is 10.8. The minimum Gasteiger partial charge on any atom is -0.465 e. The van der Waals surface area contributed by atoms with E-state index in [1.165, 1.54) is 51.4 Å². The van der Waals surface area contributed by atoms with Gasteiger partial charge in [0, 0.05) is 0 Å². The molecular weight excluding hydrogens is 244 g/mol. The summed E-state index contributed by atoms with van der Waals surface area (Å²) in [7, 11) is 0. The fraction of sp³-hybridized carbons (Fsp3) is 0.933. The molecule has 18 heavy (non-hydrogen) atoms. The van der Waals surface area contributed by atoms with Crippen molar-refractivity contribution < 1.29 is 9.53 Å². The monoisotopic (exact) mass is 274 g/mol. The summed E-state index contributed by atoms with van der Waals surface area (Å²) in [6, 6.07) is 0. The number of hydrogen-bond acceptors (Lipinski definition) is 3. The first-order chi connectivity index (χ1) is 8.66. The molecule has 0 aliphatic rings. The molecule has 0 spiro atoms. The SMILES string of the molecule is CC(C)CCCCCCCCCCOC(=O)CS. The van der Waals surface area contributed by atoms with Crippen LogP contribution in [0.1, 0.15) is 71.6 Å². The minimum absolute atomic E-state index is 0.191. The number of unbranched alkanes of at least 4 members (excludes halogenated alkanes) is 7. The summed E-state index contributed by atoms with van der Waals surface area (Å²) >= 11 is 3.85. The fourth-order valence-electron chi connectivity index (χ4n) is 1.95. The smallest absolute Gasteiger partial charge is 0.315 e. The van der Waals surface area contributed by atoms with Gasteiger partial charge >= 0.3 is 5.97 Å². The molecule has 0 atom stereocenters. The Bertz CT molecular complexity index is 193. The summed E-state index contributed by atoms with van der Waals surface area (Å²) in [4.78, 5) is 10.8. The second-order valence-corrected chi connectivity index (χ2v) is 5.71. The zero-order chi connectivity index (χ0) is 13.6. The van der Waals surface area contributed by atoms with E-state index in [0.29, 0.717) is 6.61 Å². The Morgan fingerprint density at radius 3 is 1.94 bits per heavy atom. The number of thiol groups is 1. The van der Waals surface area contributed by atoms with Crippen molar-refractivity contribution in [1.82, 2.24) is 0 Å². The molecule has 0 amide bonds. The van der Waals surface area contributed by atoms with Gasteiger partial charge in [-0.2, -0.15) is 12.6 Å². The van der Waals surface area contributed by atoms with Crippen LogP contribution >= 0.6 is 12.6 Å². The lowest BCUT2D eigenvalue weighted by Crippen LogP contribution is -2.06. The zero-order valence-electron chi connectivity index (χ0n) is 12.1. The van der Waals surface area contributed by atoms with Gasteiger partial charge in [-0.1, -0.05) is 65.2 Å². The van der Waals surface area contributed by atoms with E-state index in [1.54, 1.807) is 0 Å². The quantitative estimate of drug-likeness (QED) is 0.319. The first-order valence-corrected chi connectivity index (χ1v) is 8.06. The normalized spacial score (nSPS) is 10.9. The van der Waals surface area contributed by atoms with Crippen LogP contribution in [-0.4, -0.2) is 18.3 Å². The first kappa shape index (κ1) is 17.8. The molecule has 2 nitrogen and oxygen atoms in total. The highest BCUT2D eigenvalue weighted by atomic mass is 32.1. The van der Waals surface area contributed by atoms with Crippen LogP contribution in [0.15, 0.2) is 0 Å². The highest BCUT2D eigenvalue weighted by Gasteiger charge is 1.98. The second kappa shape index (κ2) is 13.3. The lowest BCUT2D eigenvalue weighted by Gasteiger charge is -2.05. The molecule has 0 bridgehead atoms. The molecule has 0 aliphatic heterocycles. The zero-order valence-corrected chi connectivity index (χ0v) is 13.0. The van der Waals surface area contributed by atoms with E-state index in [4.69, 9.17) is 4.74 Å². The Hall–Kier alpha value is -0.180. The summed E-state index contributed by atoms with van der Waals surface area (Å²) in [6.45, 7) is 5.15. The molecule has 0 aliphatic carbocycles. The van der Waals surface area contributed by atoms with Gasteiger partial charge in [-0.05, 0) is 12.3 Å². The molecule has 108 valence electrons. The van der Waals surface area contributed by atoms with Crippen LogP contribution < -0.4 is 0 Å². The Kier molecular flexibility index (Phi) is 13.1. The predicted octanol–water partition coefficient (Wildman–Crippen LogP) is 4.63. The summed E-state index contributed by atoms with van der Waals surface area (Å²) in [5.41, 5.74) is 0. The summed E-state index contributed by atoms with van der Waals surface area (Å²) in [6.07, 6.45) is 11.6. The average molecular weight is 274 g/mol. The maximum atomic E-state index is 10.8. The lowest BCUT2D eigenvalue weighted by molar-refractivity contribution is -0.140. The highest BCUT2D eigenvalue weighted by molar-refractivity contribution is 7.81. The molecule has 0 aromatic carbocycles. The third-order valence-electron chi connectivity index (χ3n) is 3.07. The third kappa shape index (κ3) is 13.9. The fourth-order valence-corrected chi connectivity index (χ4v) is 2.04. The summed E-state index contributed by atoms with van der Waals surface area (Å²) < 4.78 is 4.96. The van der Waals surface area contributed by atoms with Gasteiger partial charge in [-0.3, -0.25) is 4.79 Å². The van der Waals surface area contributed by atoms with Crippen LogP contribution in [0.2, 0.25) is 0 Å². The molecule has 0 saturated heterocycles. The molecule has 0 radical (unpaired) electrons. The minimum atomic E-state index is -0.205. The number of esters is 1. The number of carbonyl (C=O) groups excluding carboxylic acids is 1. The number of rotatable bonds is 12. The van der Waals surface area contributed by atoms with E-state index < -0.39 is 0 Å². The molecule has 0 heterocycles. The summed E-state index contributed by atoms with van der Waals surface area (Å²) in [5.74, 6) is 0.838. The van der Waals surface area contributed by atoms with Crippen molar-refractivity contribution >= 4 is 18.6 Å². The van der Waals surface area contributed by atoms with Gasteiger partial charge < -0.3 is 4.74 Å². The maximum Gasteiger partial charge on any atom is 0.315 e. The van der Waals surface area contributed by atoms with Gasteiger partial charge in [-0.15, -0.1) is 0 Å². The van der Waals surface area contributed by atoms with Crippen LogP contribution in [0, 0.1) is 5.92 Å². The number of ether oxygens (including phenoxy) is 1. The van der Waals surface area contributed by atoms with Gasteiger partial charge in [-0.25, -0.2) is 0 Å². The van der Waals surface area contributed by atoms with Crippen molar-refractivity contribution in [3.8, 4) is 0 Å². The van der Waals surface area contributed by atoms with E-state index in [1.807, 2.05) is 0 Å². The van der Waals surface area contributed by atoms with E-state index in [-0.39, 0.29) is 11.7 Å². The van der Waals surface area contributed by atoms with E-state index >= 15 is 0 Å². The van der Waals surface area contributed by atoms with Gasteiger partial charge in [0.1, 0.15) is 0 Å². The number of hydrogen-bond donors (Lipinski definition) is 1. The van der Waals surface area contributed by atoms with Gasteiger partial charge in [0.25, 0.3) is 0 Å². The average Bonchev–Trinajstić information content (AvgIpc) is 2.35. The molecule has 0 N–H and O–H groups in total. The third-order valence-corrected chi connectivity index (χ3v) is 3.33. The topological polar surface area (TPSA) is 26.3 Å². The van der Waals surface area contributed by atoms with E-state index in [2.05, 4.69) is 26.5 Å². The van der Waals surface area contributed by atoms with Crippen molar-refractivity contribution in [3.63, 3.8) is 0 Å². The largest absolute Gasteiger partial charge is 0.465 e. The molecule has 0 rings (SSSR count). The van der Waals surface area contributed by atoms with Crippen molar-refractivity contribution in [1.29, 1.82) is 0 Å². The Balaban J connectivity index is 3.01. The molecule has 0 unspecified atom stereocenters. The van der Waals surface area contributed by atoms with Crippen molar-refractivity contribution in [2.75, 3.05) is 12.4 Å². The molecular formula is C15H30O2S. The van der Waals surface area contributed by atoms with Gasteiger partial charge in [0.2, 0.25) is 0 Å². The first-order valence-electron chi connectivity index (χ1n) is 7.43. The predicted molar refractivity (Wildman–Crippen MR) is 81.2 cm³/mol. The van der Waals surface area contributed by atoms with Crippen LogP contribution in [-0.2, 0) is 9.53 Å². The van der Waals surface area contributed by atoms with Crippen LogP contribution in [0.4, 0.5) is 0 Å². The summed E-state index contributed by atoms with van der Waals surface area (Å²) in [5, 5.41) is 0. The molecule has 0 aromatic heterocycles. The van der Waals surface area contributed by atoms with Crippen LogP contribution in [0.3, 0.4) is 0 Å². The van der Waals surface area contributed by atoms with Crippen molar-refractivity contribution in [2.45, 2.75) is 71.6 Å². The molecule has 0 aromatic rings. The van der Waals surface area contributed by atoms with Crippen LogP contribution in [0.5, 0.6) is 0 Å².